The number of rotatable bonds is 7. The average Bonchev–Trinajstić information content (AvgIpc) is 3.17. The van der Waals surface area contributed by atoms with Crippen molar-refractivity contribution in [2.24, 2.45) is 5.92 Å². The Hall–Kier alpha value is -3.00. The number of methoxy groups -OCH3 is 1. The first-order chi connectivity index (χ1) is 14.7. The molecule has 30 heavy (non-hydrogen) atoms. The molecule has 8 nitrogen and oxygen atoms in total. The smallest absolute Gasteiger partial charge is 0.225 e. The van der Waals surface area contributed by atoms with Crippen molar-refractivity contribution < 1.29 is 9.53 Å². The molecule has 1 amide bonds. The molecule has 2 atom stereocenters. The second-order valence-electron chi connectivity index (χ2n) is 7.67. The fourth-order valence-electron chi connectivity index (χ4n) is 4.07. The maximum atomic E-state index is 13.1. The van der Waals surface area contributed by atoms with Crippen LogP contribution in [0.2, 0.25) is 0 Å². The van der Waals surface area contributed by atoms with Crippen LogP contribution in [0.25, 0.3) is 11.0 Å². The molecule has 1 aromatic carbocycles. The number of anilines is 1. The second kappa shape index (κ2) is 9.21. The van der Waals surface area contributed by atoms with Gasteiger partial charge in [0.15, 0.2) is 0 Å². The number of para-hydroxylation sites is 2. The second-order valence-corrected chi connectivity index (χ2v) is 7.67. The average molecular weight is 409 g/mol. The van der Waals surface area contributed by atoms with Crippen LogP contribution in [0, 0.1) is 5.92 Å². The van der Waals surface area contributed by atoms with E-state index in [0.717, 1.165) is 36.2 Å². The Balaban J connectivity index is 1.48. The Morgan fingerprint density at radius 3 is 2.87 bits per heavy atom. The van der Waals surface area contributed by atoms with E-state index in [1.165, 1.54) is 0 Å². The molecule has 0 saturated carbocycles. The lowest BCUT2D eigenvalue weighted by atomic mass is 9.97. The predicted molar refractivity (Wildman–Crippen MR) is 115 cm³/mol. The number of carbonyl (C=O) groups is 1. The van der Waals surface area contributed by atoms with Gasteiger partial charge in [0.05, 0.1) is 29.6 Å². The maximum absolute atomic E-state index is 13.1. The Morgan fingerprint density at radius 2 is 2.07 bits per heavy atom. The Kier molecular flexibility index (Phi) is 6.23. The number of hydrogen-bond donors (Lipinski definition) is 1. The Labute approximate surface area is 176 Å². The SMILES string of the molecule is COCCn1c(C(C)NC(=O)C2CCCN(c3ncccn3)C2)nc2ccccc21. The summed E-state index contributed by atoms with van der Waals surface area (Å²) < 4.78 is 7.41. The minimum Gasteiger partial charge on any atom is -0.383 e. The Morgan fingerprint density at radius 1 is 1.27 bits per heavy atom. The summed E-state index contributed by atoms with van der Waals surface area (Å²) in [7, 11) is 1.69. The van der Waals surface area contributed by atoms with Crippen molar-refractivity contribution in [1.82, 2.24) is 24.8 Å². The van der Waals surface area contributed by atoms with E-state index >= 15 is 0 Å². The standard InChI is InChI=1S/C22H28N6O2/c1-16(20-26-18-8-3-4-9-19(18)28(20)13-14-30-2)25-21(29)17-7-5-12-27(15-17)22-23-10-6-11-24-22/h3-4,6,8-11,16-17H,5,7,12-15H2,1-2H3,(H,25,29). The molecule has 2 aromatic heterocycles. The molecule has 0 spiro atoms. The van der Waals surface area contributed by atoms with E-state index in [1.807, 2.05) is 25.1 Å². The molecular formula is C22H28N6O2. The van der Waals surface area contributed by atoms with Crippen LogP contribution < -0.4 is 10.2 Å². The van der Waals surface area contributed by atoms with E-state index < -0.39 is 0 Å². The minimum atomic E-state index is -0.204. The molecular weight excluding hydrogens is 380 g/mol. The molecule has 158 valence electrons. The van der Waals surface area contributed by atoms with Crippen LogP contribution in [-0.4, -0.2) is 52.2 Å². The molecule has 3 aromatic rings. The van der Waals surface area contributed by atoms with Crippen molar-refractivity contribution in [2.75, 3.05) is 31.7 Å². The van der Waals surface area contributed by atoms with Crippen molar-refractivity contribution in [2.45, 2.75) is 32.4 Å². The van der Waals surface area contributed by atoms with Crippen LogP contribution in [0.3, 0.4) is 0 Å². The van der Waals surface area contributed by atoms with Crippen LogP contribution >= 0.6 is 0 Å². The number of aromatic nitrogens is 4. The summed E-state index contributed by atoms with van der Waals surface area (Å²) in [6.07, 6.45) is 5.27. The predicted octanol–water partition coefficient (Wildman–Crippen LogP) is 2.57. The number of carbonyl (C=O) groups excluding carboxylic acids is 1. The highest BCUT2D eigenvalue weighted by atomic mass is 16.5. The monoisotopic (exact) mass is 408 g/mol. The number of amides is 1. The van der Waals surface area contributed by atoms with Gasteiger partial charge in [-0.25, -0.2) is 15.0 Å². The molecule has 1 aliphatic rings. The lowest BCUT2D eigenvalue weighted by Crippen LogP contribution is -2.44. The van der Waals surface area contributed by atoms with Crippen LogP contribution in [0.15, 0.2) is 42.7 Å². The highest BCUT2D eigenvalue weighted by Crippen LogP contribution is 2.23. The van der Waals surface area contributed by atoms with Crippen LogP contribution in [-0.2, 0) is 16.1 Å². The fourth-order valence-corrected chi connectivity index (χ4v) is 4.07. The topological polar surface area (TPSA) is 85.2 Å². The molecule has 8 heteroatoms. The van der Waals surface area contributed by atoms with Gasteiger partial charge in [-0.2, -0.15) is 0 Å². The normalized spacial score (nSPS) is 17.8. The fraction of sp³-hybridized carbons (Fsp3) is 0.455. The first kappa shape index (κ1) is 20.3. The molecule has 3 heterocycles. The van der Waals surface area contributed by atoms with E-state index in [4.69, 9.17) is 9.72 Å². The maximum Gasteiger partial charge on any atom is 0.225 e. The van der Waals surface area contributed by atoms with E-state index in [2.05, 4.69) is 30.8 Å². The zero-order valence-electron chi connectivity index (χ0n) is 17.5. The number of hydrogen-bond acceptors (Lipinski definition) is 6. The van der Waals surface area contributed by atoms with Gasteiger partial charge in [-0.3, -0.25) is 4.79 Å². The van der Waals surface area contributed by atoms with Gasteiger partial charge in [-0.05, 0) is 38.0 Å². The summed E-state index contributed by atoms with van der Waals surface area (Å²) in [5.74, 6) is 1.49. The lowest BCUT2D eigenvalue weighted by molar-refractivity contribution is -0.126. The van der Waals surface area contributed by atoms with Gasteiger partial charge < -0.3 is 19.5 Å². The highest BCUT2D eigenvalue weighted by Gasteiger charge is 2.29. The third-order valence-corrected chi connectivity index (χ3v) is 5.58. The number of piperidine rings is 1. The lowest BCUT2D eigenvalue weighted by Gasteiger charge is -2.32. The van der Waals surface area contributed by atoms with Crippen molar-refractivity contribution in [3.8, 4) is 0 Å². The molecule has 0 aliphatic carbocycles. The zero-order chi connectivity index (χ0) is 20.9. The summed E-state index contributed by atoms with van der Waals surface area (Å²) in [5, 5.41) is 3.19. The van der Waals surface area contributed by atoms with Crippen molar-refractivity contribution in [1.29, 1.82) is 0 Å². The summed E-state index contributed by atoms with van der Waals surface area (Å²) in [6, 6.07) is 9.62. The molecule has 1 N–H and O–H groups in total. The number of benzene rings is 1. The summed E-state index contributed by atoms with van der Waals surface area (Å²) in [4.78, 5) is 28.6. The van der Waals surface area contributed by atoms with Crippen LogP contribution in [0.5, 0.6) is 0 Å². The van der Waals surface area contributed by atoms with E-state index in [1.54, 1.807) is 25.6 Å². The molecule has 4 rings (SSSR count). The minimum absolute atomic E-state index is 0.0495. The summed E-state index contributed by atoms with van der Waals surface area (Å²) in [5.41, 5.74) is 1.98. The van der Waals surface area contributed by atoms with Gasteiger partial charge >= 0.3 is 0 Å². The highest BCUT2D eigenvalue weighted by molar-refractivity contribution is 5.80. The number of ether oxygens (including phenoxy) is 1. The molecule has 1 fully saturated rings. The third-order valence-electron chi connectivity index (χ3n) is 5.58. The number of imidazole rings is 1. The van der Waals surface area contributed by atoms with E-state index in [0.29, 0.717) is 25.6 Å². The summed E-state index contributed by atoms with van der Waals surface area (Å²) in [6.45, 7) is 4.76. The van der Waals surface area contributed by atoms with Crippen molar-refractivity contribution in [3.05, 3.63) is 48.5 Å². The number of nitrogens with zero attached hydrogens (tertiary/aromatic N) is 5. The van der Waals surface area contributed by atoms with Gasteiger partial charge in [0.25, 0.3) is 0 Å². The van der Waals surface area contributed by atoms with Crippen molar-refractivity contribution >= 4 is 22.9 Å². The van der Waals surface area contributed by atoms with Gasteiger partial charge in [0, 0.05) is 39.1 Å². The zero-order valence-corrected chi connectivity index (χ0v) is 17.5. The Bertz CT molecular complexity index is 990. The first-order valence-electron chi connectivity index (χ1n) is 10.4. The van der Waals surface area contributed by atoms with Gasteiger partial charge in [0.2, 0.25) is 11.9 Å². The van der Waals surface area contributed by atoms with Crippen molar-refractivity contribution in [3.63, 3.8) is 0 Å². The van der Waals surface area contributed by atoms with Crippen LogP contribution in [0.1, 0.15) is 31.6 Å². The third kappa shape index (κ3) is 4.28. The van der Waals surface area contributed by atoms with Crippen LogP contribution in [0.4, 0.5) is 5.95 Å². The molecule has 2 unspecified atom stereocenters. The first-order valence-corrected chi connectivity index (χ1v) is 10.4. The molecule has 0 radical (unpaired) electrons. The van der Waals surface area contributed by atoms with E-state index in [9.17, 15) is 4.79 Å². The quantitative estimate of drug-likeness (QED) is 0.647. The summed E-state index contributed by atoms with van der Waals surface area (Å²) >= 11 is 0. The van der Waals surface area contributed by atoms with Gasteiger partial charge in [-0.1, -0.05) is 12.1 Å². The van der Waals surface area contributed by atoms with Gasteiger partial charge in [-0.15, -0.1) is 0 Å². The number of fused-ring (bicyclic) bond motifs is 1. The number of nitrogens with one attached hydrogen (secondary N) is 1. The molecule has 0 bridgehead atoms. The molecule has 1 aliphatic heterocycles. The largest absolute Gasteiger partial charge is 0.383 e. The molecule has 1 saturated heterocycles. The van der Waals surface area contributed by atoms with Gasteiger partial charge in [0.1, 0.15) is 5.82 Å². The van der Waals surface area contributed by atoms with E-state index in [-0.39, 0.29) is 17.9 Å².